The predicted octanol–water partition coefficient (Wildman–Crippen LogP) is 5.47. The predicted molar refractivity (Wildman–Crippen MR) is 211 cm³/mol. The van der Waals surface area contributed by atoms with Crippen molar-refractivity contribution in [2.45, 2.75) is 97.6 Å². The number of esters is 1. The third kappa shape index (κ3) is 8.20. The number of fused-ring (bicyclic) bond motifs is 6. The molecule has 5 atom stereocenters. The van der Waals surface area contributed by atoms with E-state index in [-0.39, 0.29) is 43.0 Å². The zero-order valence-corrected chi connectivity index (χ0v) is 33.7. The molecule has 0 spiro atoms. The van der Waals surface area contributed by atoms with E-state index >= 15 is 0 Å². The molecular weight excluding hydrogens is 719 g/mol. The number of carbonyl (C=O) groups is 3. The van der Waals surface area contributed by atoms with Crippen LogP contribution in [-0.2, 0) is 48.1 Å². The number of cyclic esters (lactones) is 1. The molecule has 13 nitrogen and oxygen atoms in total. The molecule has 55 heavy (non-hydrogen) atoms. The number of methoxy groups -OCH3 is 1. The molecule has 3 aliphatic heterocycles. The fourth-order valence-corrected chi connectivity index (χ4v) is 9.07. The fourth-order valence-electron chi connectivity index (χ4n) is 8.22. The SMILES string of the molecule is CCn1c(-c2cccnc2[C@H](C)OC)c2c3cc(ccc31)-c1csc(n1)C[C@H](NC(=O)[C@@H]1C[C@H](C)ON(C)C1)C(=O)N1CCC[C@H](N1)C(=O)OCC(C)(C)C2. The van der Waals surface area contributed by atoms with Crippen LogP contribution in [0.15, 0.2) is 41.9 Å². The van der Waals surface area contributed by atoms with Gasteiger partial charge >= 0.3 is 5.97 Å². The number of aryl methyl sites for hydroxylation is 1. The van der Waals surface area contributed by atoms with Gasteiger partial charge in [-0.15, -0.1) is 11.3 Å². The van der Waals surface area contributed by atoms with Crippen molar-refractivity contribution in [3.8, 4) is 22.5 Å². The second kappa shape index (κ2) is 16.1. The molecule has 14 heteroatoms. The average Bonchev–Trinajstić information content (AvgIpc) is 3.77. The topological polar surface area (TPSA) is 140 Å². The highest BCUT2D eigenvalue weighted by Crippen LogP contribution is 2.42. The highest BCUT2D eigenvalue weighted by Gasteiger charge is 2.37. The summed E-state index contributed by atoms with van der Waals surface area (Å²) in [7, 11) is 3.51. The van der Waals surface area contributed by atoms with E-state index in [0.29, 0.717) is 38.8 Å². The van der Waals surface area contributed by atoms with Crippen molar-refractivity contribution in [2.24, 2.45) is 11.3 Å². The number of ether oxygens (including phenoxy) is 2. The minimum Gasteiger partial charge on any atom is -0.464 e. The summed E-state index contributed by atoms with van der Waals surface area (Å²) in [6.07, 6.45) is 3.96. The Balaban J connectivity index is 1.33. The first-order valence-corrected chi connectivity index (χ1v) is 20.2. The van der Waals surface area contributed by atoms with E-state index in [1.165, 1.54) is 16.3 Å². The molecule has 4 aromatic rings. The number of nitrogens with one attached hydrogen (secondary N) is 2. The third-order valence-corrected chi connectivity index (χ3v) is 11.9. The maximum absolute atomic E-state index is 14.3. The fraction of sp³-hybridized carbons (Fsp3) is 0.537. The zero-order valence-electron chi connectivity index (χ0n) is 32.9. The first-order valence-electron chi connectivity index (χ1n) is 19.4. The van der Waals surface area contributed by atoms with Crippen LogP contribution in [0.4, 0.5) is 0 Å². The molecule has 3 aromatic heterocycles. The number of benzene rings is 1. The number of nitrogens with zero attached hydrogens (tertiary/aromatic N) is 5. The van der Waals surface area contributed by atoms with Gasteiger partial charge < -0.3 is 19.4 Å². The van der Waals surface area contributed by atoms with Gasteiger partial charge in [-0.25, -0.2) is 10.4 Å². The van der Waals surface area contributed by atoms with Gasteiger partial charge in [-0.2, -0.15) is 5.06 Å². The highest BCUT2D eigenvalue weighted by atomic mass is 32.1. The Morgan fingerprint density at radius 3 is 2.82 bits per heavy atom. The summed E-state index contributed by atoms with van der Waals surface area (Å²) in [5.74, 6) is -1.27. The molecule has 2 fully saturated rings. The molecule has 1 aromatic carbocycles. The van der Waals surface area contributed by atoms with Gasteiger partial charge in [-0.05, 0) is 76.3 Å². The second-order valence-electron chi connectivity index (χ2n) is 15.9. The van der Waals surface area contributed by atoms with Crippen LogP contribution >= 0.6 is 11.3 Å². The van der Waals surface area contributed by atoms with Crippen LogP contribution in [0.2, 0.25) is 0 Å². The number of aromatic nitrogens is 3. The number of pyridine rings is 1. The summed E-state index contributed by atoms with van der Waals surface area (Å²) >= 11 is 1.47. The minimum atomic E-state index is -0.895. The Morgan fingerprint density at radius 2 is 2.05 bits per heavy atom. The van der Waals surface area contributed by atoms with E-state index in [2.05, 4.69) is 60.3 Å². The molecule has 3 aliphatic rings. The summed E-state index contributed by atoms with van der Waals surface area (Å²) in [6, 6.07) is 8.93. The van der Waals surface area contributed by atoms with Crippen molar-refractivity contribution >= 4 is 40.0 Å². The van der Waals surface area contributed by atoms with Crippen molar-refractivity contribution in [3.05, 3.63) is 58.2 Å². The van der Waals surface area contributed by atoms with E-state index in [0.717, 1.165) is 56.2 Å². The van der Waals surface area contributed by atoms with E-state index in [1.807, 2.05) is 32.3 Å². The standard InChI is InChI=1S/C41H53N7O6S/c1-8-47-34-14-13-26-18-29(34)30(37(47)28-11-9-15-42-36(28)25(3)52-7)20-41(4,5)23-53-40(51)31-12-10-16-48(45-31)39(50)32(19-35-43-33(26)22-55-35)44-38(49)27-17-24(2)54-46(6)21-27/h9,11,13-15,18,22,24-25,27,31-32,45H,8,10,12,16-17,19-21,23H2,1-7H3,(H,44,49)/t24-,25-,27+,31-,32-/m0/s1. The molecule has 2 amide bonds. The van der Waals surface area contributed by atoms with Crippen LogP contribution < -0.4 is 10.7 Å². The van der Waals surface area contributed by atoms with Crippen LogP contribution in [0.5, 0.6) is 0 Å². The maximum atomic E-state index is 14.3. The summed E-state index contributed by atoms with van der Waals surface area (Å²) < 4.78 is 14.2. The molecule has 6 heterocycles. The molecule has 7 rings (SSSR count). The summed E-state index contributed by atoms with van der Waals surface area (Å²) in [5, 5.41) is 10.1. The Hall–Kier alpha value is -4.21. The van der Waals surface area contributed by atoms with Gasteiger partial charge in [0.2, 0.25) is 5.91 Å². The second-order valence-corrected chi connectivity index (χ2v) is 16.9. The highest BCUT2D eigenvalue weighted by molar-refractivity contribution is 7.10. The average molecular weight is 772 g/mol. The Labute approximate surface area is 326 Å². The quantitative estimate of drug-likeness (QED) is 0.243. The smallest absolute Gasteiger partial charge is 0.324 e. The van der Waals surface area contributed by atoms with Gasteiger partial charge in [0.05, 0.1) is 46.8 Å². The van der Waals surface area contributed by atoms with Crippen molar-refractivity contribution in [1.29, 1.82) is 0 Å². The Kier molecular flexibility index (Phi) is 11.4. The number of hydrazine groups is 1. The number of hydroxylamine groups is 2. The van der Waals surface area contributed by atoms with Gasteiger partial charge in [-0.3, -0.25) is 29.2 Å². The number of hydrogen-bond donors (Lipinski definition) is 2. The molecule has 2 N–H and O–H groups in total. The van der Waals surface area contributed by atoms with Gasteiger partial charge in [0.15, 0.2) is 0 Å². The molecule has 0 saturated carbocycles. The lowest BCUT2D eigenvalue weighted by molar-refractivity contribution is -0.214. The van der Waals surface area contributed by atoms with E-state index in [4.69, 9.17) is 24.3 Å². The number of carbonyl (C=O) groups excluding carboxylic acids is 3. The molecular formula is C41H53N7O6S. The van der Waals surface area contributed by atoms with Crippen LogP contribution in [-0.4, -0.2) is 94.4 Å². The lowest BCUT2D eigenvalue weighted by Crippen LogP contribution is -2.61. The molecule has 2 saturated heterocycles. The van der Waals surface area contributed by atoms with Crippen molar-refractivity contribution in [1.82, 2.24) is 35.3 Å². The van der Waals surface area contributed by atoms with Crippen LogP contribution in [0.3, 0.4) is 0 Å². The first kappa shape index (κ1) is 39.0. The van der Waals surface area contributed by atoms with Crippen LogP contribution in [0.25, 0.3) is 33.4 Å². The van der Waals surface area contributed by atoms with Crippen LogP contribution in [0.1, 0.15) is 76.3 Å². The van der Waals surface area contributed by atoms with E-state index < -0.39 is 23.5 Å². The largest absolute Gasteiger partial charge is 0.464 e. The number of thiazole rings is 1. The molecule has 0 unspecified atom stereocenters. The number of hydrogen-bond acceptors (Lipinski definition) is 11. The zero-order chi connectivity index (χ0) is 39.0. The monoisotopic (exact) mass is 771 g/mol. The molecule has 0 aliphatic carbocycles. The summed E-state index contributed by atoms with van der Waals surface area (Å²) in [6.45, 7) is 12.0. The van der Waals surface area contributed by atoms with E-state index in [9.17, 15) is 14.4 Å². The first-order chi connectivity index (χ1) is 26.3. The van der Waals surface area contributed by atoms with E-state index in [1.54, 1.807) is 18.4 Å². The normalized spacial score (nSPS) is 24.3. The molecule has 0 radical (unpaired) electrons. The van der Waals surface area contributed by atoms with Gasteiger partial charge in [0.1, 0.15) is 12.1 Å². The van der Waals surface area contributed by atoms with Gasteiger partial charge in [0, 0.05) is 79.2 Å². The van der Waals surface area contributed by atoms with Crippen LogP contribution in [0, 0.1) is 11.3 Å². The number of amides is 2. The summed E-state index contributed by atoms with van der Waals surface area (Å²) in [5.41, 5.74) is 9.60. The maximum Gasteiger partial charge on any atom is 0.324 e. The summed E-state index contributed by atoms with van der Waals surface area (Å²) in [4.78, 5) is 57.2. The van der Waals surface area contributed by atoms with Gasteiger partial charge in [-0.1, -0.05) is 19.9 Å². The third-order valence-electron chi connectivity index (χ3n) is 11.0. The number of rotatable bonds is 6. The lowest BCUT2D eigenvalue weighted by Gasteiger charge is -2.36. The minimum absolute atomic E-state index is 0.124. The van der Waals surface area contributed by atoms with Crippen molar-refractivity contribution < 1.29 is 28.7 Å². The lowest BCUT2D eigenvalue weighted by atomic mass is 9.84. The Bertz CT molecular complexity index is 2050. The molecule has 6 bridgehead atoms. The van der Waals surface area contributed by atoms with Crippen molar-refractivity contribution in [3.63, 3.8) is 0 Å². The molecule has 294 valence electrons. The van der Waals surface area contributed by atoms with Crippen molar-refractivity contribution in [2.75, 3.05) is 33.9 Å². The Morgan fingerprint density at radius 1 is 1.24 bits per heavy atom. The van der Waals surface area contributed by atoms with Gasteiger partial charge in [0.25, 0.3) is 5.91 Å².